The molecule has 0 radical (unpaired) electrons. The van der Waals surface area contributed by atoms with Crippen LogP contribution in [-0.4, -0.2) is 26.2 Å². The Balaban J connectivity index is 1.68. The van der Waals surface area contributed by atoms with Crippen molar-refractivity contribution in [1.82, 2.24) is 0 Å². The van der Waals surface area contributed by atoms with Crippen LogP contribution in [0.5, 0.6) is 17.2 Å². The first-order valence-corrected chi connectivity index (χ1v) is 9.17. The third-order valence-corrected chi connectivity index (χ3v) is 4.64. The van der Waals surface area contributed by atoms with Crippen LogP contribution in [0.25, 0.3) is 6.08 Å². The quantitative estimate of drug-likeness (QED) is 0.756. The van der Waals surface area contributed by atoms with Crippen molar-refractivity contribution >= 4 is 17.7 Å². The average molecular weight is 367 g/mol. The highest BCUT2D eigenvalue weighted by atomic mass is 16.6. The van der Waals surface area contributed by atoms with Gasteiger partial charge >= 0.3 is 0 Å². The van der Waals surface area contributed by atoms with Gasteiger partial charge in [0.15, 0.2) is 11.5 Å². The molecule has 2 aromatic rings. The van der Waals surface area contributed by atoms with E-state index in [0.717, 1.165) is 17.7 Å². The summed E-state index contributed by atoms with van der Waals surface area (Å²) in [5.41, 5.74) is 2.85. The van der Waals surface area contributed by atoms with Gasteiger partial charge in [-0.15, -0.1) is 0 Å². The fourth-order valence-electron chi connectivity index (χ4n) is 2.88. The Hall–Kier alpha value is -2.95. The summed E-state index contributed by atoms with van der Waals surface area (Å²) in [6.45, 7) is 5.35. The minimum Gasteiger partial charge on any atom is -0.493 e. The summed E-state index contributed by atoms with van der Waals surface area (Å²) in [6.07, 6.45) is 4.31. The lowest BCUT2D eigenvalue weighted by atomic mass is 9.99. The van der Waals surface area contributed by atoms with Gasteiger partial charge in [-0.05, 0) is 53.8 Å². The second kappa shape index (κ2) is 8.62. The molecule has 5 nitrogen and oxygen atoms in total. The number of carbonyl (C=O) groups excluding carboxylic acids is 1. The first kappa shape index (κ1) is 18.8. The number of ether oxygens (including phenoxy) is 3. The van der Waals surface area contributed by atoms with Gasteiger partial charge in [-0.25, -0.2) is 0 Å². The SMILES string of the molecule is CCC(C)c1ccc(NC(=O)C=Cc2cc(OC)c3c(c2)OCCO3)cc1. The van der Waals surface area contributed by atoms with Crippen molar-refractivity contribution in [2.45, 2.75) is 26.2 Å². The Morgan fingerprint density at radius 3 is 2.67 bits per heavy atom. The summed E-state index contributed by atoms with van der Waals surface area (Å²) in [6, 6.07) is 11.6. The molecule has 0 saturated carbocycles. The second-order valence-corrected chi connectivity index (χ2v) is 6.50. The maximum absolute atomic E-state index is 12.2. The molecule has 1 aliphatic rings. The molecule has 3 rings (SSSR count). The van der Waals surface area contributed by atoms with Crippen LogP contribution in [0.2, 0.25) is 0 Å². The van der Waals surface area contributed by atoms with Gasteiger partial charge in [-0.1, -0.05) is 26.0 Å². The fourth-order valence-corrected chi connectivity index (χ4v) is 2.88. The molecule has 1 unspecified atom stereocenters. The number of hydrogen-bond donors (Lipinski definition) is 1. The smallest absolute Gasteiger partial charge is 0.248 e. The van der Waals surface area contributed by atoms with Crippen LogP contribution < -0.4 is 19.5 Å². The minimum absolute atomic E-state index is 0.194. The van der Waals surface area contributed by atoms with E-state index in [4.69, 9.17) is 14.2 Å². The predicted molar refractivity (Wildman–Crippen MR) is 107 cm³/mol. The highest BCUT2D eigenvalue weighted by Gasteiger charge is 2.17. The molecule has 1 atom stereocenters. The lowest BCUT2D eigenvalue weighted by Gasteiger charge is -2.20. The normalized spacial score (nSPS) is 14.0. The molecule has 0 fully saturated rings. The largest absolute Gasteiger partial charge is 0.493 e. The van der Waals surface area contributed by atoms with Crippen molar-refractivity contribution in [3.8, 4) is 17.2 Å². The Morgan fingerprint density at radius 2 is 1.96 bits per heavy atom. The van der Waals surface area contributed by atoms with Gasteiger partial charge < -0.3 is 19.5 Å². The number of hydrogen-bond acceptors (Lipinski definition) is 4. The molecule has 1 amide bonds. The van der Waals surface area contributed by atoms with Crippen molar-refractivity contribution in [3.05, 3.63) is 53.6 Å². The van der Waals surface area contributed by atoms with Gasteiger partial charge in [-0.3, -0.25) is 4.79 Å². The third kappa shape index (κ3) is 4.61. The molecule has 0 aromatic heterocycles. The predicted octanol–water partition coefficient (Wildman–Crippen LogP) is 4.63. The number of benzene rings is 2. The van der Waals surface area contributed by atoms with Crippen LogP contribution in [0.1, 0.15) is 37.3 Å². The van der Waals surface area contributed by atoms with Crippen molar-refractivity contribution < 1.29 is 19.0 Å². The number of carbonyl (C=O) groups is 1. The molecule has 27 heavy (non-hydrogen) atoms. The van der Waals surface area contributed by atoms with Crippen LogP contribution in [0.4, 0.5) is 5.69 Å². The van der Waals surface area contributed by atoms with Gasteiger partial charge in [0.2, 0.25) is 11.7 Å². The molecule has 2 aromatic carbocycles. The number of methoxy groups -OCH3 is 1. The van der Waals surface area contributed by atoms with E-state index in [1.807, 2.05) is 24.3 Å². The zero-order valence-corrected chi connectivity index (χ0v) is 16.0. The van der Waals surface area contributed by atoms with Crippen LogP contribution in [0.3, 0.4) is 0 Å². The first-order valence-electron chi connectivity index (χ1n) is 9.17. The molecule has 5 heteroatoms. The van der Waals surface area contributed by atoms with Crippen molar-refractivity contribution in [3.63, 3.8) is 0 Å². The van der Waals surface area contributed by atoms with Gasteiger partial charge in [-0.2, -0.15) is 0 Å². The number of amides is 1. The molecule has 1 heterocycles. The zero-order valence-electron chi connectivity index (χ0n) is 16.0. The highest BCUT2D eigenvalue weighted by Crippen LogP contribution is 2.40. The Bertz CT molecular complexity index is 810. The van der Waals surface area contributed by atoms with Crippen LogP contribution in [0.15, 0.2) is 42.5 Å². The molecule has 142 valence electrons. The summed E-state index contributed by atoms with van der Waals surface area (Å²) < 4.78 is 16.6. The number of nitrogens with one attached hydrogen (secondary N) is 1. The molecule has 0 saturated heterocycles. The lowest BCUT2D eigenvalue weighted by molar-refractivity contribution is -0.111. The van der Waals surface area contributed by atoms with E-state index >= 15 is 0 Å². The van der Waals surface area contributed by atoms with Gasteiger partial charge in [0.1, 0.15) is 13.2 Å². The number of rotatable bonds is 6. The molecular weight excluding hydrogens is 342 g/mol. The summed E-state index contributed by atoms with van der Waals surface area (Å²) in [5.74, 6) is 2.14. The maximum atomic E-state index is 12.2. The van der Waals surface area contributed by atoms with E-state index in [1.54, 1.807) is 13.2 Å². The summed E-state index contributed by atoms with van der Waals surface area (Å²) in [5, 5.41) is 2.87. The highest BCUT2D eigenvalue weighted by molar-refractivity contribution is 6.02. The van der Waals surface area contributed by atoms with Crippen LogP contribution >= 0.6 is 0 Å². The van der Waals surface area contributed by atoms with Crippen LogP contribution in [0, 0.1) is 0 Å². The van der Waals surface area contributed by atoms with Crippen molar-refractivity contribution in [1.29, 1.82) is 0 Å². The van der Waals surface area contributed by atoms with Crippen molar-refractivity contribution in [2.75, 3.05) is 25.6 Å². The summed E-state index contributed by atoms with van der Waals surface area (Å²) in [4.78, 5) is 12.2. The monoisotopic (exact) mass is 367 g/mol. The summed E-state index contributed by atoms with van der Waals surface area (Å²) >= 11 is 0. The van der Waals surface area contributed by atoms with Crippen molar-refractivity contribution in [2.24, 2.45) is 0 Å². The molecule has 0 bridgehead atoms. The topological polar surface area (TPSA) is 56.8 Å². The molecular formula is C22H25NO4. The number of fused-ring (bicyclic) bond motifs is 1. The first-order chi connectivity index (χ1) is 13.1. The van der Waals surface area contributed by atoms with Crippen LogP contribution in [-0.2, 0) is 4.79 Å². The van der Waals surface area contributed by atoms with E-state index in [1.165, 1.54) is 11.6 Å². The Kier molecular flexibility index (Phi) is 6.01. The fraction of sp³-hybridized carbons (Fsp3) is 0.318. The lowest BCUT2D eigenvalue weighted by Crippen LogP contribution is -2.16. The van der Waals surface area contributed by atoms with E-state index in [2.05, 4.69) is 31.3 Å². The zero-order chi connectivity index (χ0) is 19.2. The summed E-state index contributed by atoms with van der Waals surface area (Å²) in [7, 11) is 1.58. The molecule has 0 aliphatic carbocycles. The Labute approximate surface area is 159 Å². The maximum Gasteiger partial charge on any atom is 0.248 e. The van der Waals surface area contributed by atoms with Gasteiger partial charge in [0, 0.05) is 11.8 Å². The second-order valence-electron chi connectivity index (χ2n) is 6.50. The minimum atomic E-state index is -0.194. The molecule has 1 aliphatic heterocycles. The average Bonchev–Trinajstić information content (AvgIpc) is 2.71. The van der Waals surface area contributed by atoms with E-state index in [-0.39, 0.29) is 5.91 Å². The molecule has 0 spiro atoms. The number of anilines is 1. The molecule has 1 N–H and O–H groups in total. The van der Waals surface area contributed by atoms with E-state index in [9.17, 15) is 4.79 Å². The van der Waals surface area contributed by atoms with Gasteiger partial charge in [0.25, 0.3) is 0 Å². The van der Waals surface area contributed by atoms with Gasteiger partial charge in [0.05, 0.1) is 7.11 Å². The Morgan fingerprint density at radius 1 is 1.22 bits per heavy atom. The van der Waals surface area contributed by atoms with E-state index in [0.29, 0.717) is 36.4 Å². The van der Waals surface area contributed by atoms with E-state index < -0.39 is 0 Å². The third-order valence-electron chi connectivity index (χ3n) is 4.64. The standard InChI is InChI=1S/C22H25NO4/c1-4-15(2)17-6-8-18(9-7-17)23-21(24)10-5-16-13-19(25-3)22-20(14-16)26-11-12-27-22/h5-10,13-15H,4,11-12H2,1-3H3,(H,23,24).